The van der Waals surface area contributed by atoms with Gasteiger partial charge < -0.3 is 14.2 Å². The van der Waals surface area contributed by atoms with E-state index >= 15 is 0 Å². The summed E-state index contributed by atoms with van der Waals surface area (Å²) >= 11 is 0.679. The van der Waals surface area contributed by atoms with Gasteiger partial charge in [-0.2, -0.15) is 0 Å². The second kappa shape index (κ2) is 5.25. The summed E-state index contributed by atoms with van der Waals surface area (Å²) in [5, 5.41) is 0.902. The third-order valence-electron chi connectivity index (χ3n) is 3.77. The van der Waals surface area contributed by atoms with Crippen molar-refractivity contribution in [3.8, 4) is 0 Å². The van der Waals surface area contributed by atoms with Crippen LogP contribution in [0.3, 0.4) is 0 Å². The smallest absolute Gasteiger partial charge is 0.398 e. The molecule has 21 heavy (non-hydrogen) atoms. The van der Waals surface area contributed by atoms with Crippen LogP contribution in [0.5, 0.6) is 0 Å². The molecule has 0 bridgehead atoms. The molecular formula is C15H25BN2O2S. The SMILES string of the molecule is [2H]C([2H])([2H])C1([2H])C([2H])([2H])N(c2nc(B3OC(C)(C)C(C)(C)O3)cs2)C([2H])([2H])C([2H])([2H])C1([2H])[2H]. The highest BCUT2D eigenvalue weighted by atomic mass is 32.1. The number of piperidine rings is 1. The standard InChI is InChI=1S/C15H25BN2O2S/c1-11-7-6-8-18(9-11)13-17-12(10-21-13)16-19-14(2,3)15(4,5)20-16/h10-11H,6-9H2,1-5H3/i1D3,6D2,7D2,8D2,9D2,11D. The average Bonchev–Trinajstić information content (AvgIpc) is 3.13. The van der Waals surface area contributed by atoms with E-state index in [0.29, 0.717) is 11.3 Å². The first-order valence-corrected chi connectivity index (χ1v) is 7.39. The van der Waals surface area contributed by atoms with Gasteiger partial charge in [-0.25, -0.2) is 4.98 Å². The van der Waals surface area contributed by atoms with Crippen LogP contribution in [-0.4, -0.2) is 36.3 Å². The van der Waals surface area contributed by atoms with Crippen molar-refractivity contribution in [2.45, 2.75) is 58.5 Å². The first-order chi connectivity index (χ1) is 14.4. The Balaban J connectivity index is 2.17. The molecule has 0 aliphatic carbocycles. The minimum atomic E-state index is -3.75. The highest BCUT2D eigenvalue weighted by Crippen LogP contribution is 2.36. The Morgan fingerprint density at radius 2 is 2.19 bits per heavy atom. The second-order valence-electron chi connectivity index (χ2n) is 5.83. The summed E-state index contributed by atoms with van der Waals surface area (Å²) in [4.78, 5) is 4.28. The van der Waals surface area contributed by atoms with Gasteiger partial charge in [0.2, 0.25) is 0 Å². The van der Waals surface area contributed by atoms with E-state index in [2.05, 4.69) is 4.98 Å². The molecule has 6 heteroatoms. The molecule has 1 unspecified atom stereocenters. The zero-order valence-electron chi connectivity index (χ0n) is 24.3. The van der Waals surface area contributed by atoms with Gasteiger partial charge >= 0.3 is 7.12 Å². The fourth-order valence-electron chi connectivity index (χ4n) is 1.86. The van der Waals surface area contributed by atoms with Gasteiger partial charge in [0.15, 0.2) is 5.13 Å². The largest absolute Gasteiger partial charge is 0.515 e. The molecule has 2 saturated heterocycles. The number of nitrogens with zero attached hydrogens (tertiary/aromatic N) is 2. The molecule has 0 aromatic carbocycles. The zero-order valence-corrected chi connectivity index (χ0v) is 13.1. The van der Waals surface area contributed by atoms with Crippen LogP contribution in [-0.2, 0) is 9.31 Å². The van der Waals surface area contributed by atoms with Gasteiger partial charge in [-0.3, -0.25) is 0 Å². The van der Waals surface area contributed by atoms with Crippen LogP contribution in [0.25, 0.3) is 0 Å². The van der Waals surface area contributed by atoms with E-state index in [-0.39, 0.29) is 10.5 Å². The van der Waals surface area contributed by atoms with Gasteiger partial charge in [-0.05, 0) is 46.3 Å². The Labute approximate surface area is 148 Å². The molecule has 3 heterocycles. The topological polar surface area (TPSA) is 34.6 Å². The molecule has 0 spiro atoms. The van der Waals surface area contributed by atoms with Crippen molar-refractivity contribution in [2.75, 3.05) is 17.9 Å². The summed E-state index contributed by atoms with van der Waals surface area (Å²) in [6.45, 7) is -3.43. The normalized spacial score (nSPS) is 50.3. The number of rotatable bonds is 2. The summed E-state index contributed by atoms with van der Waals surface area (Å²) in [7, 11) is -1.01. The molecule has 0 amide bonds. The molecule has 1 atom stereocenters. The van der Waals surface area contributed by atoms with E-state index in [0.717, 1.165) is 0 Å². The van der Waals surface area contributed by atoms with Gasteiger partial charge in [0.1, 0.15) is 0 Å². The number of hydrogen-bond acceptors (Lipinski definition) is 5. The molecule has 1 aromatic heterocycles. The Morgan fingerprint density at radius 3 is 2.86 bits per heavy atom. The molecule has 2 fully saturated rings. The van der Waals surface area contributed by atoms with Crippen molar-refractivity contribution in [1.82, 2.24) is 4.98 Å². The summed E-state index contributed by atoms with van der Waals surface area (Å²) in [5.41, 5.74) is -1.35. The van der Waals surface area contributed by atoms with Gasteiger partial charge in [-0.15, -0.1) is 11.3 Å². The van der Waals surface area contributed by atoms with E-state index in [1.165, 1.54) is 5.38 Å². The van der Waals surface area contributed by atoms with E-state index in [4.69, 9.17) is 25.8 Å². The molecule has 4 nitrogen and oxygen atoms in total. The fourth-order valence-corrected chi connectivity index (χ4v) is 2.61. The third-order valence-corrected chi connectivity index (χ3v) is 4.62. The Bertz CT molecular complexity index is 934. The molecule has 0 radical (unpaired) electrons. The highest BCUT2D eigenvalue weighted by Gasteiger charge is 2.52. The molecule has 2 aliphatic heterocycles. The second-order valence-corrected chi connectivity index (χ2v) is 6.66. The van der Waals surface area contributed by atoms with Crippen molar-refractivity contribution in [2.24, 2.45) is 5.89 Å². The van der Waals surface area contributed by atoms with Gasteiger partial charge in [0.25, 0.3) is 0 Å². The van der Waals surface area contributed by atoms with Gasteiger partial charge in [0, 0.05) is 34.8 Å². The maximum Gasteiger partial charge on any atom is 0.515 e. The van der Waals surface area contributed by atoms with Crippen LogP contribution < -0.4 is 10.5 Å². The number of hydrogen-bond donors (Lipinski definition) is 0. The minimum absolute atomic E-state index is 0.124. The fraction of sp³-hybridized carbons (Fsp3) is 0.800. The van der Waals surface area contributed by atoms with E-state index in [9.17, 15) is 0 Å². The predicted molar refractivity (Wildman–Crippen MR) is 88.4 cm³/mol. The van der Waals surface area contributed by atoms with Crippen LogP contribution >= 0.6 is 11.3 Å². The lowest BCUT2D eigenvalue weighted by atomic mass is 9.86. The first kappa shape index (κ1) is 6.50. The van der Waals surface area contributed by atoms with Crippen molar-refractivity contribution in [3.05, 3.63) is 5.38 Å². The maximum atomic E-state index is 8.47. The minimum Gasteiger partial charge on any atom is -0.398 e. The van der Waals surface area contributed by atoms with Gasteiger partial charge in [0.05, 0.1) is 16.8 Å². The van der Waals surface area contributed by atoms with Gasteiger partial charge in [-0.1, -0.05) is 6.85 Å². The molecular weight excluding hydrogens is 283 g/mol. The molecule has 0 N–H and O–H groups in total. The summed E-state index contributed by atoms with van der Waals surface area (Å²) in [5.74, 6) is -3.71. The number of thiazole rings is 1. The van der Waals surface area contributed by atoms with Crippen LogP contribution in [0, 0.1) is 5.89 Å². The lowest BCUT2D eigenvalue weighted by Crippen LogP contribution is -2.41. The van der Waals surface area contributed by atoms with Crippen molar-refractivity contribution in [3.63, 3.8) is 0 Å². The monoisotopic (exact) mass is 320 g/mol. The first-order valence-electron chi connectivity index (χ1n) is 12.5. The lowest BCUT2D eigenvalue weighted by molar-refractivity contribution is 0.00578. The highest BCUT2D eigenvalue weighted by molar-refractivity contribution is 7.14. The summed E-state index contributed by atoms with van der Waals surface area (Å²) in [6.07, 6.45) is -7.36. The third kappa shape index (κ3) is 2.85. The van der Waals surface area contributed by atoms with Crippen LogP contribution in [0.2, 0.25) is 0 Å². The predicted octanol–water partition coefficient (Wildman–Crippen LogP) is 2.68. The zero-order chi connectivity index (χ0) is 25.8. The summed E-state index contributed by atoms with van der Waals surface area (Å²) < 4.78 is 109. The average molecular weight is 320 g/mol. The van der Waals surface area contributed by atoms with E-state index in [1.807, 2.05) is 0 Å². The van der Waals surface area contributed by atoms with Crippen LogP contribution in [0.1, 0.15) is 63.7 Å². The molecule has 116 valence electrons. The maximum absolute atomic E-state index is 8.47. The van der Waals surface area contributed by atoms with E-state index in [1.54, 1.807) is 27.7 Å². The van der Waals surface area contributed by atoms with Crippen LogP contribution in [0.15, 0.2) is 5.38 Å². The Hall–Kier alpha value is -0.585. The number of aromatic nitrogens is 1. The molecule has 3 rings (SSSR count). The van der Waals surface area contributed by atoms with Crippen molar-refractivity contribution >= 4 is 29.2 Å². The lowest BCUT2D eigenvalue weighted by Gasteiger charge is -2.32. The van der Waals surface area contributed by atoms with Crippen LogP contribution in [0.4, 0.5) is 5.13 Å². The Kier molecular flexibility index (Phi) is 1.62. The molecule has 0 saturated carbocycles. The molecule has 2 aliphatic rings. The van der Waals surface area contributed by atoms with Crippen molar-refractivity contribution in [1.29, 1.82) is 0 Å². The summed E-state index contributed by atoms with van der Waals surface area (Å²) in [6, 6.07) is 0. The Morgan fingerprint density at radius 1 is 1.48 bits per heavy atom. The molecule has 1 aromatic rings. The quantitative estimate of drug-likeness (QED) is 0.785. The van der Waals surface area contributed by atoms with E-state index < -0.39 is 61.9 Å². The van der Waals surface area contributed by atoms with Crippen molar-refractivity contribution < 1.29 is 25.8 Å². The number of anilines is 1.